The van der Waals surface area contributed by atoms with Crippen LogP contribution < -0.4 is 5.32 Å². The first kappa shape index (κ1) is 15.2. The van der Waals surface area contributed by atoms with Crippen molar-refractivity contribution in [3.63, 3.8) is 0 Å². The van der Waals surface area contributed by atoms with Crippen LogP contribution in [0.3, 0.4) is 0 Å². The third kappa shape index (κ3) is 4.39. The summed E-state index contributed by atoms with van der Waals surface area (Å²) in [5, 5.41) is 11.6. The number of carboxylic acids is 1. The molecule has 0 saturated carbocycles. The summed E-state index contributed by atoms with van der Waals surface area (Å²) >= 11 is 0. The van der Waals surface area contributed by atoms with Gasteiger partial charge in [-0.15, -0.1) is 0 Å². The smallest absolute Gasteiger partial charge is 0.304 e. The number of aryl methyl sites for hydroxylation is 2. The van der Waals surface area contributed by atoms with E-state index in [0.717, 1.165) is 16.7 Å². The Hall–Kier alpha value is -1.84. The van der Waals surface area contributed by atoms with Gasteiger partial charge in [-0.25, -0.2) is 0 Å². The second-order valence-electron chi connectivity index (χ2n) is 5.57. The zero-order valence-electron chi connectivity index (χ0n) is 11.9. The van der Waals surface area contributed by atoms with Gasteiger partial charge < -0.3 is 10.4 Å². The van der Waals surface area contributed by atoms with Crippen molar-refractivity contribution in [1.29, 1.82) is 0 Å². The van der Waals surface area contributed by atoms with E-state index in [4.69, 9.17) is 5.11 Å². The lowest BCUT2D eigenvalue weighted by Crippen LogP contribution is -2.38. The minimum atomic E-state index is -0.966. The van der Waals surface area contributed by atoms with Crippen LogP contribution in [0.4, 0.5) is 0 Å². The van der Waals surface area contributed by atoms with Gasteiger partial charge in [-0.2, -0.15) is 0 Å². The standard InChI is InChI=1S/C15H21NO3/c1-10-5-6-11(2)12(7-10)9-16-14(19)15(3,4)8-13(17)18/h5-7H,8-9H2,1-4H3,(H,16,19)(H,17,18). The number of aliphatic carboxylic acids is 1. The molecule has 1 aromatic rings. The van der Waals surface area contributed by atoms with Crippen LogP contribution in [-0.4, -0.2) is 17.0 Å². The largest absolute Gasteiger partial charge is 0.481 e. The van der Waals surface area contributed by atoms with Crippen LogP contribution >= 0.6 is 0 Å². The summed E-state index contributed by atoms with van der Waals surface area (Å²) < 4.78 is 0. The lowest BCUT2D eigenvalue weighted by molar-refractivity contribution is -0.144. The van der Waals surface area contributed by atoms with E-state index in [0.29, 0.717) is 6.54 Å². The van der Waals surface area contributed by atoms with Crippen molar-refractivity contribution >= 4 is 11.9 Å². The van der Waals surface area contributed by atoms with Gasteiger partial charge in [0.05, 0.1) is 11.8 Å². The molecule has 0 aliphatic heterocycles. The first-order chi connectivity index (χ1) is 8.72. The normalized spacial score (nSPS) is 11.2. The fraction of sp³-hybridized carbons (Fsp3) is 0.467. The van der Waals surface area contributed by atoms with Crippen molar-refractivity contribution in [2.24, 2.45) is 5.41 Å². The molecule has 4 heteroatoms. The van der Waals surface area contributed by atoms with Gasteiger partial charge in [-0.3, -0.25) is 9.59 Å². The van der Waals surface area contributed by atoms with E-state index in [-0.39, 0.29) is 12.3 Å². The second kappa shape index (κ2) is 5.87. The predicted molar refractivity (Wildman–Crippen MR) is 73.8 cm³/mol. The van der Waals surface area contributed by atoms with Crippen molar-refractivity contribution in [1.82, 2.24) is 5.32 Å². The van der Waals surface area contributed by atoms with E-state index in [1.807, 2.05) is 32.0 Å². The number of benzene rings is 1. The van der Waals surface area contributed by atoms with Gasteiger partial charge in [-0.1, -0.05) is 37.6 Å². The number of amides is 1. The van der Waals surface area contributed by atoms with Crippen LogP contribution in [0, 0.1) is 19.3 Å². The molecule has 4 nitrogen and oxygen atoms in total. The average Bonchev–Trinajstić information content (AvgIpc) is 2.28. The quantitative estimate of drug-likeness (QED) is 0.857. The topological polar surface area (TPSA) is 66.4 Å². The van der Waals surface area contributed by atoms with Crippen LogP contribution in [0.2, 0.25) is 0 Å². The van der Waals surface area contributed by atoms with Crippen molar-refractivity contribution in [3.8, 4) is 0 Å². The molecule has 104 valence electrons. The minimum Gasteiger partial charge on any atom is -0.481 e. The Kier molecular flexibility index (Phi) is 4.70. The van der Waals surface area contributed by atoms with Crippen LogP contribution in [0.5, 0.6) is 0 Å². The number of carboxylic acid groups (broad SMARTS) is 1. The van der Waals surface area contributed by atoms with E-state index in [9.17, 15) is 9.59 Å². The molecule has 1 amide bonds. The molecule has 19 heavy (non-hydrogen) atoms. The summed E-state index contributed by atoms with van der Waals surface area (Å²) in [7, 11) is 0. The highest BCUT2D eigenvalue weighted by Gasteiger charge is 2.30. The third-order valence-electron chi connectivity index (χ3n) is 3.15. The van der Waals surface area contributed by atoms with Crippen LogP contribution in [-0.2, 0) is 16.1 Å². The van der Waals surface area contributed by atoms with E-state index in [2.05, 4.69) is 5.32 Å². The summed E-state index contributed by atoms with van der Waals surface area (Å²) in [5.41, 5.74) is 2.41. The van der Waals surface area contributed by atoms with Gasteiger partial charge in [-0.05, 0) is 25.0 Å². The number of carbonyl (C=O) groups is 2. The van der Waals surface area contributed by atoms with Crippen LogP contribution in [0.1, 0.15) is 37.0 Å². The second-order valence-corrected chi connectivity index (χ2v) is 5.57. The summed E-state index contributed by atoms with van der Waals surface area (Å²) in [6.45, 7) is 7.69. The number of rotatable bonds is 5. The van der Waals surface area contributed by atoms with Gasteiger partial charge in [0, 0.05) is 6.54 Å². The number of hydrogen-bond donors (Lipinski definition) is 2. The molecule has 0 aromatic heterocycles. The van der Waals surface area contributed by atoms with Crippen molar-refractivity contribution in [2.75, 3.05) is 0 Å². The summed E-state index contributed by atoms with van der Waals surface area (Å²) in [5.74, 6) is -1.21. The van der Waals surface area contributed by atoms with E-state index >= 15 is 0 Å². The lowest BCUT2D eigenvalue weighted by Gasteiger charge is -2.21. The highest BCUT2D eigenvalue weighted by atomic mass is 16.4. The maximum absolute atomic E-state index is 12.0. The molecule has 2 N–H and O–H groups in total. The molecule has 0 aliphatic carbocycles. The summed E-state index contributed by atoms with van der Waals surface area (Å²) in [6.07, 6.45) is -0.175. The lowest BCUT2D eigenvalue weighted by atomic mass is 9.88. The van der Waals surface area contributed by atoms with E-state index < -0.39 is 11.4 Å². The molecule has 1 aromatic carbocycles. The van der Waals surface area contributed by atoms with E-state index in [1.165, 1.54) is 0 Å². The summed E-state index contributed by atoms with van der Waals surface area (Å²) in [6, 6.07) is 6.06. The first-order valence-corrected chi connectivity index (χ1v) is 6.28. The minimum absolute atomic E-state index is 0.175. The van der Waals surface area contributed by atoms with Gasteiger partial charge >= 0.3 is 5.97 Å². The van der Waals surface area contributed by atoms with E-state index in [1.54, 1.807) is 13.8 Å². The Morgan fingerprint density at radius 2 is 1.89 bits per heavy atom. The number of nitrogens with one attached hydrogen (secondary N) is 1. The Morgan fingerprint density at radius 3 is 2.47 bits per heavy atom. The Labute approximate surface area is 113 Å². The Morgan fingerprint density at radius 1 is 1.26 bits per heavy atom. The molecule has 0 aliphatic rings. The molecule has 0 heterocycles. The van der Waals surface area contributed by atoms with Crippen LogP contribution in [0.25, 0.3) is 0 Å². The fourth-order valence-corrected chi connectivity index (χ4v) is 1.86. The molecule has 0 unspecified atom stereocenters. The molecule has 0 radical (unpaired) electrons. The molecular formula is C15H21NO3. The summed E-state index contributed by atoms with van der Waals surface area (Å²) in [4.78, 5) is 22.7. The third-order valence-corrected chi connectivity index (χ3v) is 3.15. The Bertz CT molecular complexity index is 492. The molecular weight excluding hydrogens is 242 g/mol. The molecule has 0 fully saturated rings. The Balaban J connectivity index is 2.68. The maximum atomic E-state index is 12.0. The fourth-order valence-electron chi connectivity index (χ4n) is 1.86. The average molecular weight is 263 g/mol. The van der Waals surface area contributed by atoms with Gasteiger partial charge in [0.15, 0.2) is 0 Å². The number of hydrogen-bond acceptors (Lipinski definition) is 2. The first-order valence-electron chi connectivity index (χ1n) is 6.28. The molecule has 1 rings (SSSR count). The monoisotopic (exact) mass is 263 g/mol. The molecule has 0 atom stereocenters. The van der Waals surface area contributed by atoms with Crippen molar-refractivity contribution in [2.45, 2.75) is 40.7 Å². The van der Waals surface area contributed by atoms with Crippen molar-refractivity contribution in [3.05, 3.63) is 34.9 Å². The van der Waals surface area contributed by atoms with Gasteiger partial charge in [0.1, 0.15) is 0 Å². The van der Waals surface area contributed by atoms with Crippen molar-refractivity contribution < 1.29 is 14.7 Å². The SMILES string of the molecule is Cc1ccc(C)c(CNC(=O)C(C)(C)CC(=O)O)c1. The predicted octanol–water partition coefficient (Wildman–Crippen LogP) is 2.42. The molecule has 0 saturated heterocycles. The molecule has 0 spiro atoms. The zero-order chi connectivity index (χ0) is 14.6. The van der Waals surface area contributed by atoms with Gasteiger partial charge in [0.25, 0.3) is 0 Å². The zero-order valence-corrected chi connectivity index (χ0v) is 11.9. The highest BCUT2D eigenvalue weighted by molar-refractivity contribution is 5.86. The number of carbonyl (C=O) groups excluding carboxylic acids is 1. The van der Waals surface area contributed by atoms with Gasteiger partial charge in [0.2, 0.25) is 5.91 Å². The highest BCUT2D eigenvalue weighted by Crippen LogP contribution is 2.20. The van der Waals surface area contributed by atoms with Crippen LogP contribution in [0.15, 0.2) is 18.2 Å². The molecule has 0 bridgehead atoms. The maximum Gasteiger partial charge on any atom is 0.304 e.